The molecule has 0 aliphatic carbocycles. The molecule has 0 aromatic heterocycles. The Labute approximate surface area is 196 Å². The van der Waals surface area contributed by atoms with Crippen LogP contribution in [0.5, 0.6) is 0 Å². The van der Waals surface area contributed by atoms with Crippen LogP contribution in [0.1, 0.15) is 67.3 Å². The molecule has 3 aromatic carbocycles. The Hall–Kier alpha value is -2.54. The maximum atomic E-state index is 2.40. The minimum atomic E-state index is 1.07. The van der Waals surface area contributed by atoms with Crippen LogP contribution >= 0.6 is 0 Å². The van der Waals surface area contributed by atoms with Crippen molar-refractivity contribution in [3.63, 3.8) is 0 Å². The molecule has 0 bridgehead atoms. The van der Waals surface area contributed by atoms with Gasteiger partial charge in [0.15, 0.2) is 0 Å². The van der Waals surface area contributed by atoms with Crippen LogP contribution in [-0.4, -0.2) is 13.1 Å². The number of hydrogen-bond donors (Lipinski definition) is 0. The molecule has 170 valence electrons. The molecule has 1 heteroatoms. The molecule has 0 fully saturated rings. The standard InChI is InChI=1S/C31H41N/c1-4-32(5-2)31-24-22-30(23-25-31)13-9-8-12-29-20-18-28(19-21-29)11-7-6-10-27-16-14-26(3)15-17-27/h14-25H,4-13H2,1-3H3. The largest absolute Gasteiger partial charge is 0.372 e. The van der Waals surface area contributed by atoms with E-state index >= 15 is 0 Å². The Balaban J connectivity index is 1.32. The summed E-state index contributed by atoms with van der Waals surface area (Å²) in [6.07, 6.45) is 9.79. The summed E-state index contributed by atoms with van der Waals surface area (Å²) in [4.78, 5) is 2.40. The van der Waals surface area contributed by atoms with Crippen molar-refractivity contribution >= 4 is 5.69 Å². The second-order valence-corrected chi connectivity index (χ2v) is 9.06. The maximum absolute atomic E-state index is 2.40. The lowest BCUT2D eigenvalue weighted by Crippen LogP contribution is -2.21. The van der Waals surface area contributed by atoms with Crippen LogP contribution in [0.15, 0.2) is 72.8 Å². The Kier molecular flexibility index (Phi) is 9.88. The fourth-order valence-electron chi connectivity index (χ4n) is 4.41. The highest BCUT2D eigenvalue weighted by atomic mass is 15.1. The summed E-state index contributed by atoms with van der Waals surface area (Å²) in [6.45, 7) is 8.73. The summed E-state index contributed by atoms with van der Waals surface area (Å²) in [7, 11) is 0. The first-order chi connectivity index (χ1) is 15.7. The molecule has 0 radical (unpaired) electrons. The quantitative estimate of drug-likeness (QED) is 0.250. The SMILES string of the molecule is CCN(CC)c1ccc(CCCCc2ccc(CCCCc3ccc(C)cc3)cc2)cc1. The Morgan fingerprint density at radius 3 is 1.12 bits per heavy atom. The molecular weight excluding hydrogens is 386 g/mol. The number of hydrogen-bond acceptors (Lipinski definition) is 1. The van der Waals surface area contributed by atoms with E-state index in [0.717, 1.165) is 13.1 Å². The zero-order chi connectivity index (χ0) is 22.6. The molecule has 3 aromatic rings. The van der Waals surface area contributed by atoms with Gasteiger partial charge >= 0.3 is 0 Å². The van der Waals surface area contributed by atoms with Crippen molar-refractivity contribution in [3.8, 4) is 0 Å². The van der Waals surface area contributed by atoms with E-state index < -0.39 is 0 Å². The average molecular weight is 428 g/mol. The molecule has 32 heavy (non-hydrogen) atoms. The lowest BCUT2D eigenvalue weighted by molar-refractivity contribution is 0.728. The molecule has 3 rings (SSSR count). The smallest absolute Gasteiger partial charge is 0.0366 e. The normalized spacial score (nSPS) is 11.0. The van der Waals surface area contributed by atoms with Gasteiger partial charge in [0.1, 0.15) is 0 Å². The van der Waals surface area contributed by atoms with Gasteiger partial charge in [-0.15, -0.1) is 0 Å². The lowest BCUT2D eigenvalue weighted by Gasteiger charge is -2.21. The minimum absolute atomic E-state index is 1.07. The maximum Gasteiger partial charge on any atom is 0.0366 e. The lowest BCUT2D eigenvalue weighted by atomic mass is 10.00. The number of rotatable bonds is 13. The second-order valence-electron chi connectivity index (χ2n) is 9.06. The Bertz CT molecular complexity index is 887. The summed E-state index contributed by atoms with van der Waals surface area (Å²) in [5, 5.41) is 0. The van der Waals surface area contributed by atoms with Crippen molar-refractivity contribution in [3.05, 3.63) is 101 Å². The Morgan fingerprint density at radius 2 is 0.781 bits per heavy atom. The fraction of sp³-hybridized carbons (Fsp3) is 0.419. The predicted octanol–water partition coefficient (Wildman–Crippen LogP) is 7.97. The van der Waals surface area contributed by atoms with Crippen LogP contribution in [-0.2, 0) is 25.7 Å². The van der Waals surface area contributed by atoms with Crippen LogP contribution in [0.4, 0.5) is 5.69 Å². The predicted molar refractivity (Wildman–Crippen MR) is 141 cm³/mol. The molecular formula is C31H41N. The summed E-state index contributed by atoms with van der Waals surface area (Å²) >= 11 is 0. The van der Waals surface area contributed by atoms with Crippen molar-refractivity contribution in [2.24, 2.45) is 0 Å². The zero-order valence-electron chi connectivity index (χ0n) is 20.4. The molecule has 0 unspecified atom stereocenters. The third kappa shape index (κ3) is 7.86. The fourth-order valence-corrected chi connectivity index (χ4v) is 4.41. The number of nitrogens with zero attached hydrogens (tertiary/aromatic N) is 1. The van der Waals surface area contributed by atoms with Crippen molar-refractivity contribution in [2.45, 2.75) is 72.1 Å². The molecule has 0 atom stereocenters. The first kappa shape index (κ1) is 24.1. The summed E-state index contributed by atoms with van der Waals surface area (Å²) < 4.78 is 0. The first-order valence-corrected chi connectivity index (χ1v) is 12.6. The zero-order valence-corrected chi connectivity index (χ0v) is 20.4. The van der Waals surface area contributed by atoms with E-state index in [2.05, 4.69) is 98.5 Å². The summed E-state index contributed by atoms with van der Waals surface area (Å²) in [5.74, 6) is 0. The first-order valence-electron chi connectivity index (χ1n) is 12.6. The highest BCUT2D eigenvalue weighted by Gasteiger charge is 2.02. The van der Waals surface area contributed by atoms with Gasteiger partial charge in [0.05, 0.1) is 0 Å². The Morgan fingerprint density at radius 1 is 0.469 bits per heavy atom. The topological polar surface area (TPSA) is 3.24 Å². The minimum Gasteiger partial charge on any atom is -0.372 e. The average Bonchev–Trinajstić information content (AvgIpc) is 2.83. The van der Waals surface area contributed by atoms with E-state index in [1.807, 2.05) is 0 Å². The molecule has 0 N–H and O–H groups in total. The van der Waals surface area contributed by atoms with Gasteiger partial charge in [0, 0.05) is 18.8 Å². The van der Waals surface area contributed by atoms with E-state index in [1.54, 1.807) is 0 Å². The second kappa shape index (κ2) is 13.1. The van der Waals surface area contributed by atoms with Crippen LogP contribution in [0.2, 0.25) is 0 Å². The third-order valence-corrected chi connectivity index (χ3v) is 6.57. The van der Waals surface area contributed by atoms with Gasteiger partial charge < -0.3 is 4.90 Å². The number of aryl methyl sites for hydroxylation is 5. The molecule has 0 aliphatic rings. The molecule has 0 heterocycles. The van der Waals surface area contributed by atoms with E-state index in [1.165, 1.54) is 84.9 Å². The molecule has 0 spiro atoms. The van der Waals surface area contributed by atoms with Gasteiger partial charge in [0.25, 0.3) is 0 Å². The van der Waals surface area contributed by atoms with E-state index in [-0.39, 0.29) is 0 Å². The van der Waals surface area contributed by atoms with E-state index in [4.69, 9.17) is 0 Å². The van der Waals surface area contributed by atoms with Gasteiger partial charge in [-0.2, -0.15) is 0 Å². The van der Waals surface area contributed by atoms with Gasteiger partial charge in [-0.05, 0) is 107 Å². The van der Waals surface area contributed by atoms with Crippen LogP contribution in [0.3, 0.4) is 0 Å². The third-order valence-electron chi connectivity index (χ3n) is 6.57. The van der Waals surface area contributed by atoms with Crippen molar-refractivity contribution in [2.75, 3.05) is 18.0 Å². The van der Waals surface area contributed by atoms with Crippen molar-refractivity contribution in [1.82, 2.24) is 0 Å². The van der Waals surface area contributed by atoms with Crippen molar-refractivity contribution < 1.29 is 0 Å². The summed E-state index contributed by atoms with van der Waals surface area (Å²) in [6, 6.07) is 27.5. The van der Waals surface area contributed by atoms with E-state index in [9.17, 15) is 0 Å². The van der Waals surface area contributed by atoms with Crippen LogP contribution < -0.4 is 4.90 Å². The highest BCUT2D eigenvalue weighted by molar-refractivity contribution is 5.47. The summed E-state index contributed by atoms with van der Waals surface area (Å²) in [5.41, 5.74) is 8.57. The highest BCUT2D eigenvalue weighted by Crippen LogP contribution is 2.17. The molecule has 0 aliphatic heterocycles. The molecule has 0 amide bonds. The number of anilines is 1. The van der Waals surface area contributed by atoms with Gasteiger partial charge in [-0.1, -0.05) is 66.2 Å². The molecule has 0 saturated heterocycles. The number of benzene rings is 3. The van der Waals surface area contributed by atoms with E-state index in [0.29, 0.717) is 0 Å². The van der Waals surface area contributed by atoms with Gasteiger partial charge in [-0.25, -0.2) is 0 Å². The number of unbranched alkanes of at least 4 members (excludes halogenated alkanes) is 2. The molecule has 0 saturated carbocycles. The monoisotopic (exact) mass is 427 g/mol. The van der Waals surface area contributed by atoms with Crippen LogP contribution in [0, 0.1) is 6.92 Å². The van der Waals surface area contributed by atoms with Gasteiger partial charge in [0.2, 0.25) is 0 Å². The van der Waals surface area contributed by atoms with Crippen molar-refractivity contribution in [1.29, 1.82) is 0 Å². The van der Waals surface area contributed by atoms with Gasteiger partial charge in [-0.3, -0.25) is 0 Å². The molecule has 1 nitrogen and oxygen atoms in total. The van der Waals surface area contributed by atoms with Crippen LogP contribution in [0.25, 0.3) is 0 Å².